The monoisotopic (exact) mass is 461 g/mol. The lowest BCUT2D eigenvalue weighted by Gasteiger charge is -2.30. The van der Waals surface area contributed by atoms with E-state index in [2.05, 4.69) is 10.3 Å². The first-order chi connectivity index (χ1) is 16.1. The molecule has 0 spiro atoms. The summed E-state index contributed by atoms with van der Waals surface area (Å²) in [5.41, 5.74) is 1.63. The zero-order chi connectivity index (χ0) is 22.7. The number of aromatic nitrogens is 2. The lowest BCUT2D eigenvalue weighted by atomic mass is 9.82. The van der Waals surface area contributed by atoms with E-state index in [0.29, 0.717) is 57.5 Å². The average Bonchev–Trinajstić information content (AvgIpc) is 3.31. The van der Waals surface area contributed by atoms with E-state index in [1.807, 2.05) is 28.2 Å². The van der Waals surface area contributed by atoms with Crippen molar-refractivity contribution < 1.29 is 13.9 Å². The molecule has 1 N–H and O–H groups in total. The van der Waals surface area contributed by atoms with Crippen LogP contribution < -0.4 is 26.0 Å². The highest BCUT2D eigenvalue weighted by Crippen LogP contribution is 2.48. The Balaban J connectivity index is 1.75. The number of benzene rings is 2. The molecule has 0 aliphatic carbocycles. The van der Waals surface area contributed by atoms with Crippen LogP contribution in [0.25, 0.3) is 11.0 Å². The third-order valence-corrected chi connectivity index (χ3v) is 7.16. The minimum absolute atomic E-state index is 0.354. The van der Waals surface area contributed by atoms with Gasteiger partial charge in [-0.25, -0.2) is 4.79 Å². The maximum Gasteiger partial charge on any atom is 0.342 e. The summed E-state index contributed by atoms with van der Waals surface area (Å²) in [5.74, 6) is 2.56. The summed E-state index contributed by atoms with van der Waals surface area (Å²) >= 11 is 1.59. The number of nitrogens with zero attached hydrogens (tertiary/aromatic N) is 2. The number of rotatable bonds is 3. The predicted octanol–water partition coefficient (Wildman–Crippen LogP) is 3.66. The number of ether oxygens (including phenoxy) is 2. The van der Waals surface area contributed by atoms with Crippen LogP contribution in [-0.4, -0.2) is 28.9 Å². The van der Waals surface area contributed by atoms with Gasteiger partial charge in [0.05, 0.1) is 37.0 Å². The Morgan fingerprint density at radius 1 is 1.12 bits per heavy atom. The van der Waals surface area contributed by atoms with Crippen LogP contribution in [0, 0.1) is 0 Å². The number of nitrogens with one attached hydrogen (secondary N) is 1. The minimum Gasteiger partial charge on any atom is -0.497 e. The molecule has 6 rings (SSSR count). The quantitative estimate of drug-likeness (QED) is 0.407. The first-order valence-electron chi connectivity index (χ1n) is 10.4. The molecule has 166 valence electrons. The zero-order valence-corrected chi connectivity index (χ0v) is 18.7. The predicted molar refractivity (Wildman–Crippen MR) is 126 cm³/mol. The van der Waals surface area contributed by atoms with Crippen molar-refractivity contribution >= 4 is 34.4 Å². The van der Waals surface area contributed by atoms with Crippen LogP contribution in [0.5, 0.6) is 11.5 Å². The lowest BCUT2D eigenvalue weighted by Crippen LogP contribution is -2.31. The number of fused-ring (bicyclic) bond motifs is 6. The van der Waals surface area contributed by atoms with E-state index >= 15 is 0 Å². The highest BCUT2D eigenvalue weighted by atomic mass is 32.2. The van der Waals surface area contributed by atoms with Crippen LogP contribution >= 0.6 is 11.9 Å². The fraction of sp³-hybridized carbons (Fsp3) is 0.208. The van der Waals surface area contributed by atoms with Gasteiger partial charge in [-0.15, -0.1) is 0 Å². The Morgan fingerprint density at radius 2 is 1.97 bits per heavy atom. The second kappa shape index (κ2) is 7.41. The average molecular weight is 461 g/mol. The molecule has 9 heteroatoms. The molecule has 0 saturated carbocycles. The topological polar surface area (TPSA) is 95.6 Å². The Bertz CT molecular complexity index is 1560. The van der Waals surface area contributed by atoms with Crippen LogP contribution in [0.2, 0.25) is 0 Å². The van der Waals surface area contributed by atoms with Gasteiger partial charge < -0.3 is 19.2 Å². The summed E-state index contributed by atoms with van der Waals surface area (Å²) < 4.78 is 18.7. The molecular formula is C24H19N3O5S. The fourth-order valence-corrected chi connectivity index (χ4v) is 5.67. The van der Waals surface area contributed by atoms with Crippen molar-refractivity contribution in [2.45, 2.75) is 12.3 Å². The van der Waals surface area contributed by atoms with E-state index in [1.54, 1.807) is 44.4 Å². The Kier molecular flexibility index (Phi) is 4.48. The van der Waals surface area contributed by atoms with Crippen molar-refractivity contribution in [3.63, 3.8) is 0 Å². The second-order valence-corrected chi connectivity index (χ2v) is 8.84. The van der Waals surface area contributed by atoms with Crippen LogP contribution in [0.15, 0.2) is 56.5 Å². The van der Waals surface area contributed by atoms with Crippen molar-refractivity contribution in [1.82, 2.24) is 8.96 Å². The molecule has 0 fully saturated rings. The van der Waals surface area contributed by atoms with Gasteiger partial charge in [0.1, 0.15) is 28.7 Å². The van der Waals surface area contributed by atoms with Gasteiger partial charge in [-0.2, -0.15) is 4.98 Å². The summed E-state index contributed by atoms with van der Waals surface area (Å²) in [6.07, 6.45) is 0.704. The summed E-state index contributed by atoms with van der Waals surface area (Å²) in [4.78, 5) is 31.0. The van der Waals surface area contributed by atoms with E-state index in [1.165, 1.54) is 0 Å². The van der Waals surface area contributed by atoms with Gasteiger partial charge in [0.25, 0.3) is 5.56 Å². The molecule has 1 atom stereocenters. The van der Waals surface area contributed by atoms with Gasteiger partial charge in [0.2, 0.25) is 0 Å². The summed E-state index contributed by atoms with van der Waals surface area (Å²) in [5, 5.41) is 4.16. The molecule has 8 nitrogen and oxygen atoms in total. The number of para-hydroxylation sites is 1. The second-order valence-electron chi connectivity index (χ2n) is 7.81. The van der Waals surface area contributed by atoms with Crippen LogP contribution in [0.4, 0.5) is 11.5 Å². The summed E-state index contributed by atoms with van der Waals surface area (Å²) in [6.45, 7) is 0. The zero-order valence-electron chi connectivity index (χ0n) is 17.9. The highest BCUT2D eigenvalue weighted by Gasteiger charge is 2.39. The van der Waals surface area contributed by atoms with E-state index in [9.17, 15) is 9.59 Å². The van der Waals surface area contributed by atoms with Crippen LogP contribution in [0.3, 0.4) is 0 Å². The van der Waals surface area contributed by atoms with Gasteiger partial charge in [-0.3, -0.25) is 8.77 Å². The largest absolute Gasteiger partial charge is 0.497 e. The van der Waals surface area contributed by atoms with Gasteiger partial charge in [0, 0.05) is 29.2 Å². The molecule has 2 aliphatic rings. The molecule has 0 amide bonds. The third kappa shape index (κ3) is 2.88. The number of anilines is 2. The molecule has 2 aliphatic heterocycles. The van der Waals surface area contributed by atoms with Crippen molar-refractivity contribution in [1.29, 1.82) is 0 Å². The normalized spacial score (nSPS) is 16.0. The molecule has 4 heterocycles. The van der Waals surface area contributed by atoms with Gasteiger partial charge >= 0.3 is 5.63 Å². The maximum atomic E-state index is 13.3. The molecule has 2 aromatic heterocycles. The minimum atomic E-state index is -0.725. The number of hydrogen-bond donors (Lipinski definition) is 1. The van der Waals surface area contributed by atoms with Gasteiger partial charge in [-0.05, 0) is 30.1 Å². The van der Waals surface area contributed by atoms with E-state index in [4.69, 9.17) is 13.9 Å². The first kappa shape index (κ1) is 19.9. The van der Waals surface area contributed by atoms with Gasteiger partial charge in [-0.1, -0.05) is 18.2 Å². The molecular weight excluding hydrogens is 442 g/mol. The first-order valence-corrected chi connectivity index (χ1v) is 11.4. The SMILES string of the molecule is COc1ccc(C2c3c(n4c(nc3=O)CCS4)Nc3c2c(=O)oc2ccccc32)c(OC)c1. The Hall–Kier alpha value is -3.72. The number of aryl methyl sites for hydroxylation is 1. The highest BCUT2D eigenvalue weighted by molar-refractivity contribution is 7.98. The van der Waals surface area contributed by atoms with Crippen molar-refractivity contribution in [2.75, 3.05) is 25.3 Å². The smallest absolute Gasteiger partial charge is 0.342 e. The summed E-state index contributed by atoms with van der Waals surface area (Å²) in [6, 6.07) is 12.7. The van der Waals surface area contributed by atoms with Crippen molar-refractivity contribution in [3.05, 3.63) is 85.8 Å². The molecule has 2 aromatic carbocycles. The van der Waals surface area contributed by atoms with E-state index in [-0.39, 0.29) is 5.56 Å². The lowest BCUT2D eigenvalue weighted by molar-refractivity contribution is 0.390. The standard InChI is InChI=1S/C24H19N3O5S/c1-30-12-7-8-13(16(11-12)31-2)18-19-21(14-5-3-4-6-15(14)32-24(19)29)26-22-20(18)23(28)25-17-9-10-33-27(17)22/h3-8,11,18,26H,9-10H2,1-2H3. The molecule has 1 unspecified atom stereocenters. The maximum absolute atomic E-state index is 13.3. The van der Waals surface area contributed by atoms with Crippen molar-refractivity contribution in [3.8, 4) is 11.5 Å². The van der Waals surface area contributed by atoms with Crippen LogP contribution in [0.1, 0.15) is 28.4 Å². The van der Waals surface area contributed by atoms with Crippen LogP contribution in [-0.2, 0) is 6.42 Å². The Morgan fingerprint density at radius 3 is 2.79 bits per heavy atom. The number of hydrogen-bond acceptors (Lipinski definition) is 8. The fourth-order valence-electron chi connectivity index (χ4n) is 4.66. The molecule has 0 radical (unpaired) electrons. The molecule has 0 bridgehead atoms. The molecule has 0 saturated heterocycles. The Labute approximate surface area is 192 Å². The molecule has 33 heavy (non-hydrogen) atoms. The van der Waals surface area contributed by atoms with Gasteiger partial charge in [0.15, 0.2) is 0 Å². The summed E-state index contributed by atoms with van der Waals surface area (Å²) in [7, 11) is 3.12. The molecule has 4 aromatic rings. The van der Waals surface area contributed by atoms with E-state index < -0.39 is 11.5 Å². The van der Waals surface area contributed by atoms with Crippen molar-refractivity contribution in [2.24, 2.45) is 0 Å². The number of methoxy groups -OCH3 is 2. The van der Waals surface area contributed by atoms with E-state index in [0.717, 1.165) is 11.1 Å². The third-order valence-electron chi connectivity index (χ3n) is 6.12.